The number of nitrogens with zero attached hydrogens (tertiary/aromatic N) is 4. The van der Waals surface area contributed by atoms with Crippen LogP contribution in [0, 0.1) is 18.3 Å². The topological polar surface area (TPSA) is 83.0 Å². The number of nitrogens with one attached hydrogen (secondary N) is 1. The second-order valence-corrected chi connectivity index (χ2v) is 11.1. The quantitative estimate of drug-likeness (QED) is 0.342. The molecule has 3 aromatic rings. The lowest BCUT2D eigenvalue weighted by Gasteiger charge is -2.20. The molecule has 3 heterocycles. The van der Waals surface area contributed by atoms with Crippen LogP contribution in [0.25, 0.3) is 17.0 Å². The van der Waals surface area contributed by atoms with Crippen LogP contribution in [-0.4, -0.2) is 38.1 Å². The molecule has 9 heteroatoms. The van der Waals surface area contributed by atoms with E-state index in [-0.39, 0.29) is 11.4 Å². The molecule has 0 saturated heterocycles. The number of rotatable bonds is 6. The first-order valence-electron chi connectivity index (χ1n) is 13.0. The van der Waals surface area contributed by atoms with Gasteiger partial charge in [-0.05, 0) is 55.8 Å². The Kier molecular flexibility index (Phi) is 6.84. The highest BCUT2D eigenvalue weighted by atomic mass is 35.5. The Morgan fingerprint density at radius 2 is 1.89 bits per heavy atom. The fourth-order valence-corrected chi connectivity index (χ4v) is 6.65. The van der Waals surface area contributed by atoms with Gasteiger partial charge in [0.15, 0.2) is 5.84 Å². The third-order valence-electron chi connectivity index (χ3n) is 7.40. The molecule has 2 aliphatic heterocycles. The first-order valence-corrected chi connectivity index (χ1v) is 14.2. The van der Waals surface area contributed by atoms with Crippen LogP contribution in [0.15, 0.2) is 64.2 Å². The molecule has 0 atom stereocenters. The summed E-state index contributed by atoms with van der Waals surface area (Å²) in [6, 6.07) is 15.5. The van der Waals surface area contributed by atoms with Gasteiger partial charge in [-0.25, -0.2) is 0 Å². The van der Waals surface area contributed by atoms with Crippen molar-refractivity contribution in [2.45, 2.75) is 45.6 Å². The molecular weight excluding hydrogens is 518 g/mol. The number of ether oxygens (including phenoxy) is 1. The molecule has 194 valence electrons. The summed E-state index contributed by atoms with van der Waals surface area (Å²) in [5.41, 5.74) is 3.17. The van der Waals surface area contributed by atoms with Crippen LogP contribution in [0.4, 0.5) is 0 Å². The standard InChI is InChI=1S/C29H28ClN5O2S/c1-18-21(20-11-5-7-13-24(20)34(18)15-16-37-25-14-8-6-12-23(25)30)17-22-26(31)35-29(32-27(22)36)38-28(33-35)19-9-3-2-4-10-19/h5-8,11-14,17,19,31H,2-4,9-10,15-16H2,1H3/b22-17-,31-26?. The Balaban J connectivity index is 1.30. The highest BCUT2D eigenvalue weighted by molar-refractivity contribution is 8.27. The van der Waals surface area contributed by atoms with Gasteiger partial charge in [-0.15, -0.1) is 0 Å². The average Bonchev–Trinajstić information content (AvgIpc) is 3.47. The number of carbonyl (C=O) groups is 1. The van der Waals surface area contributed by atoms with Gasteiger partial charge in [0.05, 0.1) is 17.1 Å². The highest BCUT2D eigenvalue weighted by Gasteiger charge is 2.38. The summed E-state index contributed by atoms with van der Waals surface area (Å²) in [4.78, 5) is 17.5. The van der Waals surface area contributed by atoms with Crippen molar-refractivity contribution in [3.05, 3.63) is 70.4 Å². The first-order chi connectivity index (χ1) is 18.5. The van der Waals surface area contributed by atoms with Gasteiger partial charge in [-0.2, -0.15) is 15.1 Å². The summed E-state index contributed by atoms with van der Waals surface area (Å²) in [6.45, 7) is 3.07. The van der Waals surface area contributed by atoms with Crippen molar-refractivity contribution in [3.8, 4) is 5.75 Å². The van der Waals surface area contributed by atoms with Crippen LogP contribution in [0.5, 0.6) is 5.75 Å². The predicted molar refractivity (Wildman–Crippen MR) is 155 cm³/mol. The minimum absolute atomic E-state index is 0.0802. The molecule has 7 nitrogen and oxygen atoms in total. The number of amidine groups is 2. The number of hydrazone groups is 1. The number of thioether (sulfide) groups is 1. The molecule has 0 bridgehead atoms. The third kappa shape index (κ3) is 4.56. The van der Waals surface area contributed by atoms with Crippen LogP contribution in [0.3, 0.4) is 0 Å². The Hall–Kier alpha value is -3.36. The maximum atomic E-state index is 13.1. The molecule has 0 radical (unpaired) electrons. The van der Waals surface area contributed by atoms with E-state index in [1.807, 2.05) is 49.4 Å². The number of halogens is 1. The normalized spacial score (nSPS) is 19.2. The van der Waals surface area contributed by atoms with Gasteiger partial charge in [0, 0.05) is 28.1 Å². The molecule has 1 aromatic heterocycles. The summed E-state index contributed by atoms with van der Waals surface area (Å²) in [7, 11) is 0. The second-order valence-electron chi connectivity index (χ2n) is 9.74. The molecule has 1 N–H and O–H groups in total. The van der Waals surface area contributed by atoms with Gasteiger partial charge in [0.25, 0.3) is 5.91 Å². The number of carbonyl (C=O) groups excluding carboxylic acids is 1. The van der Waals surface area contributed by atoms with Crippen molar-refractivity contribution < 1.29 is 9.53 Å². The molecular formula is C29H28ClN5O2S. The van der Waals surface area contributed by atoms with Crippen molar-refractivity contribution in [2.75, 3.05) is 6.61 Å². The van der Waals surface area contributed by atoms with E-state index in [0.29, 0.717) is 35.0 Å². The maximum absolute atomic E-state index is 13.1. The van der Waals surface area contributed by atoms with Crippen LogP contribution in [-0.2, 0) is 11.3 Å². The minimum Gasteiger partial charge on any atom is -0.490 e. The van der Waals surface area contributed by atoms with Gasteiger partial charge in [-0.1, -0.05) is 61.2 Å². The zero-order valence-corrected chi connectivity index (χ0v) is 22.7. The number of aliphatic imine (C=N–C) groups is 1. The Labute approximate surface area is 230 Å². The van der Waals surface area contributed by atoms with Crippen molar-refractivity contribution in [3.63, 3.8) is 0 Å². The van der Waals surface area contributed by atoms with Crippen molar-refractivity contribution in [2.24, 2.45) is 16.0 Å². The van der Waals surface area contributed by atoms with E-state index in [4.69, 9.17) is 26.8 Å². The largest absolute Gasteiger partial charge is 0.490 e. The summed E-state index contributed by atoms with van der Waals surface area (Å²) in [5.74, 6) is 0.728. The number of aromatic nitrogens is 1. The number of benzene rings is 2. The monoisotopic (exact) mass is 545 g/mol. The van der Waals surface area contributed by atoms with Gasteiger partial charge < -0.3 is 9.30 Å². The first kappa shape index (κ1) is 24.9. The number of hydrogen-bond acceptors (Lipinski definition) is 5. The summed E-state index contributed by atoms with van der Waals surface area (Å²) in [5, 5.41) is 18.2. The Bertz CT molecular complexity index is 1530. The molecule has 0 unspecified atom stereocenters. The fraction of sp³-hybridized carbons (Fsp3) is 0.310. The lowest BCUT2D eigenvalue weighted by Crippen LogP contribution is -2.35. The van der Waals surface area contributed by atoms with Crippen molar-refractivity contribution in [1.29, 1.82) is 5.41 Å². The third-order valence-corrected chi connectivity index (χ3v) is 8.79. The molecule has 1 aliphatic carbocycles. The molecule has 2 aromatic carbocycles. The summed E-state index contributed by atoms with van der Waals surface area (Å²) in [6.07, 6.45) is 7.67. The molecule has 1 saturated carbocycles. The fourth-order valence-electron chi connectivity index (χ4n) is 5.40. The predicted octanol–water partition coefficient (Wildman–Crippen LogP) is 6.88. The van der Waals surface area contributed by atoms with E-state index >= 15 is 0 Å². The lowest BCUT2D eigenvalue weighted by molar-refractivity contribution is -0.114. The van der Waals surface area contributed by atoms with E-state index in [1.165, 1.54) is 36.0 Å². The number of amides is 1. The SMILES string of the molecule is Cc1c(/C=C2/C(=N)N3N=C(C4CCCCC4)SC3=NC2=O)c2ccccc2n1CCOc1ccccc1Cl. The van der Waals surface area contributed by atoms with Gasteiger partial charge in [0.2, 0.25) is 5.17 Å². The van der Waals surface area contributed by atoms with E-state index in [9.17, 15) is 4.79 Å². The average molecular weight is 546 g/mol. The van der Waals surface area contributed by atoms with Crippen LogP contribution < -0.4 is 4.74 Å². The van der Waals surface area contributed by atoms with Crippen LogP contribution >= 0.6 is 23.4 Å². The van der Waals surface area contributed by atoms with Gasteiger partial charge in [-0.3, -0.25) is 10.2 Å². The van der Waals surface area contributed by atoms with Gasteiger partial charge in [0.1, 0.15) is 17.4 Å². The van der Waals surface area contributed by atoms with Crippen LogP contribution in [0.2, 0.25) is 5.02 Å². The minimum atomic E-state index is -0.396. The van der Waals surface area contributed by atoms with E-state index in [1.54, 1.807) is 6.08 Å². The maximum Gasteiger partial charge on any atom is 0.283 e. The van der Waals surface area contributed by atoms with E-state index < -0.39 is 5.91 Å². The van der Waals surface area contributed by atoms with Crippen molar-refractivity contribution >= 4 is 62.3 Å². The molecule has 6 rings (SSSR count). The molecule has 1 fully saturated rings. The van der Waals surface area contributed by atoms with Gasteiger partial charge >= 0.3 is 0 Å². The Morgan fingerprint density at radius 1 is 1.13 bits per heavy atom. The highest BCUT2D eigenvalue weighted by Crippen LogP contribution is 2.37. The van der Waals surface area contributed by atoms with Crippen LogP contribution in [0.1, 0.15) is 43.4 Å². The zero-order chi connectivity index (χ0) is 26.2. The number of para-hydroxylation sites is 2. The summed E-state index contributed by atoms with van der Waals surface area (Å²) >= 11 is 7.69. The zero-order valence-electron chi connectivity index (χ0n) is 21.1. The smallest absolute Gasteiger partial charge is 0.283 e. The molecule has 0 spiro atoms. The number of hydrogen-bond donors (Lipinski definition) is 1. The Morgan fingerprint density at radius 3 is 2.71 bits per heavy atom. The van der Waals surface area contributed by atoms with E-state index in [0.717, 1.165) is 40.0 Å². The molecule has 38 heavy (non-hydrogen) atoms. The van der Waals surface area contributed by atoms with Crippen molar-refractivity contribution in [1.82, 2.24) is 9.58 Å². The molecule has 3 aliphatic rings. The second kappa shape index (κ2) is 10.4. The lowest BCUT2D eigenvalue weighted by atomic mass is 9.90. The molecule has 1 amide bonds. The number of fused-ring (bicyclic) bond motifs is 2. The van der Waals surface area contributed by atoms with E-state index in [2.05, 4.69) is 15.6 Å². The summed E-state index contributed by atoms with van der Waals surface area (Å²) < 4.78 is 8.12.